The first-order chi connectivity index (χ1) is 5.81. The van der Waals surface area contributed by atoms with Crippen molar-refractivity contribution in [3.05, 3.63) is 12.2 Å². The fourth-order valence-corrected chi connectivity index (χ4v) is 0.931. The quantitative estimate of drug-likeness (QED) is 0.386. The van der Waals surface area contributed by atoms with Crippen molar-refractivity contribution in [2.75, 3.05) is 0 Å². The van der Waals surface area contributed by atoms with Crippen molar-refractivity contribution < 1.29 is 5.11 Å². The van der Waals surface area contributed by atoms with Gasteiger partial charge in [0.1, 0.15) is 0 Å². The van der Waals surface area contributed by atoms with Gasteiger partial charge in [0.05, 0.1) is 6.10 Å². The van der Waals surface area contributed by atoms with Gasteiger partial charge in [0.25, 0.3) is 0 Å². The molecule has 0 aliphatic rings. The lowest BCUT2D eigenvalue weighted by molar-refractivity contribution is 0.210. The Morgan fingerprint density at radius 3 is 2.75 bits per heavy atom. The molecule has 1 nitrogen and oxygen atoms in total. The van der Waals surface area contributed by atoms with Crippen LogP contribution < -0.4 is 0 Å². The largest absolute Gasteiger partial charge is 0.389 e. The van der Waals surface area contributed by atoms with Crippen molar-refractivity contribution >= 4 is 0 Å². The van der Waals surface area contributed by atoms with Crippen LogP contribution in [-0.2, 0) is 0 Å². The van der Waals surface area contributed by atoms with Gasteiger partial charge in [-0.1, -0.05) is 19.1 Å². The van der Waals surface area contributed by atoms with Gasteiger partial charge in [-0.3, -0.25) is 0 Å². The van der Waals surface area contributed by atoms with Gasteiger partial charge in [0.15, 0.2) is 0 Å². The van der Waals surface area contributed by atoms with Crippen LogP contribution in [0.3, 0.4) is 0 Å². The molecule has 0 aromatic carbocycles. The lowest BCUT2D eigenvalue weighted by atomic mass is 10.1. The van der Waals surface area contributed by atoms with Crippen LogP contribution in [0.5, 0.6) is 0 Å². The van der Waals surface area contributed by atoms with Crippen LogP contribution in [0.25, 0.3) is 0 Å². The van der Waals surface area contributed by atoms with E-state index in [9.17, 15) is 5.11 Å². The molecule has 0 amide bonds. The third-order valence-electron chi connectivity index (χ3n) is 1.52. The lowest BCUT2D eigenvalue weighted by Crippen LogP contribution is -2.00. The zero-order valence-electron chi connectivity index (χ0n) is 8.01. The van der Waals surface area contributed by atoms with Crippen molar-refractivity contribution in [2.24, 2.45) is 0 Å². The zero-order valence-corrected chi connectivity index (χ0v) is 8.01. The summed E-state index contributed by atoms with van der Waals surface area (Å²) in [5.74, 6) is 6.05. The fourth-order valence-electron chi connectivity index (χ4n) is 0.931. The summed E-state index contributed by atoms with van der Waals surface area (Å²) in [4.78, 5) is 0. The maximum Gasteiger partial charge on any atom is 0.0721 e. The number of hydrogen-bond acceptors (Lipinski definition) is 1. The second-order valence-electron chi connectivity index (χ2n) is 2.69. The van der Waals surface area contributed by atoms with Crippen LogP contribution in [0, 0.1) is 11.8 Å². The van der Waals surface area contributed by atoms with Crippen molar-refractivity contribution in [3.8, 4) is 11.8 Å². The molecule has 68 valence electrons. The maximum absolute atomic E-state index is 9.27. The molecule has 1 N–H and O–H groups in total. The minimum absolute atomic E-state index is 0.279. The van der Waals surface area contributed by atoms with Crippen LogP contribution in [-0.4, -0.2) is 11.2 Å². The minimum Gasteiger partial charge on any atom is -0.389 e. The molecule has 12 heavy (non-hydrogen) atoms. The van der Waals surface area contributed by atoms with Gasteiger partial charge in [-0.2, -0.15) is 0 Å². The Bertz CT molecular complexity index is 171. The molecule has 1 heteroatoms. The van der Waals surface area contributed by atoms with Crippen molar-refractivity contribution in [1.82, 2.24) is 0 Å². The molecule has 0 aliphatic carbocycles. The summed E-state index contributed by atoms with van der Waals surface area (Å²) in [6.07, 6.45) is 7.05. The van der Waals surface area contributed by atoms with Gasteiger partial charge >= 0.3 is 0 Å². The van der Waals surface area contributed by atoms with E-state index in [1.165, 1.54) is 0 Å². The summed E-state index contributed by atoms with van der Waals surface area (Å²) in [6, 6.07) is 0. The molecule has 1 atom stereocenters. The summed E-state index contributed by atoms with van der Waals surface area (Å²) in [5, 5.41) is 9.27. The highest BCUT2D eigenvalue weighted by Crippen LogP contribution is 2.01. The molecule has 0 saturated heterocycles. The van der Waals surface area contributed by atoms with Crippen molar-refractivity contribution in [2.45, 2.75) is 45.6 Å². The van der Waals surface area contributed by atoms with Crippen LogP contribution in [0.1, 0.15) is 39.5 Å². The van der Waals surface area contributed by atoms with Crippen LogP contribution in [0.4, 0.5) is 0 Å². The normalized spacial score (nSPS) is 12.6. The number of hydrogen-bond donors (Lipinski definition) is 1. The second-order valence-corrected chi connectivity index (χ2v) is 2.69. The Labute approximate surface area is 75.5 Å². The van der Waals surface area contributed by atoms with Gasteiger partial charge in [0, 0.05) is 12.8 Å². The third kappa shape index (κ3) is 7.37. The van der Waals surface area contributed by atoms with E-state index < -0.39 is 0 Å². The molecule has 0 saturated carbocycles. The molecular formula is C11H18O. The molecule has 0 heterocycles. The summed E-state index contributed by atoms with van der Waals surface area (Å²) in [7, 11) is 0. The van der Waals surface area contributed by atoms with E-state index in [0.717, 1.165) is 25.7 Å². The van der Waals surface area contributed by atoms with E-state index in [1.807, 2.05) is 26.0 Å². The van der Waals surface area contributed by atoms with E-state index in [-0.39, 0.29) is 6.10 Å². The van der Waals surface area contributed by atoms with Gasteiger partial charge in [-0.25, -0.2) is 0 Å². The van der Waals surface area contributed by atoms with E-state index in [4.69, 9.17) is 0 Å². The second kappa shape index (κ2) is 8.36. The lowest BCUT2D eigenvalue weighted by Gasteiger charge is -2.01. The van der Waals surface area contributed by atoms with Crippen LogP contribution in [0.2, 0.25) is 0 Å². The van der Waals surface area contributed by atoms with E-state index in [2.05, 4.69) is 11.8 Å². The first-order valence-corrected chi connectivity index (χ1v) is 4.57. The molecule has 0 aromatic heterocycles. The van der Waals surface area contributed by atoms with Crippen molar-refractivity contribution in [3.63, 3.8) is 0 Å². The highest BCUT2D eigenvalue weighted by Gasteiger charge is 1.95. The third-order valence-corrected chi connectivity index (χ3v) is 1.52. The highest BCUT2D eigenvalue weighted by atomic mass is 16.3. The molecule has 0 aliphatic heterocycles. The molecule has 0 bridgehead atoms. The Morgan fingerprint density at radius 1 is 1.42 bits per heavy atom. The average Bonchev–Trinajstić information content (AvgIpc) is 2.05. The zero-order chi connectivity index (χ0) is 9.23. The molecule has 0 rings (SSSR count). The van der Waals surface area contributed by atoms with Gasteiger partial charge in [-0.15, -0.1) is 11.8 Å². The Balaban J connectivity index is 3.30. The number of aliphatic hydroxyl groups is 1. The monoisotopic (exact) mass is 166 g/mol. The number of rotatable bonds is 4. The van der Waals surface area contributed by atoms with E-state index in [0.29, 0.717) is 0 Å². The summed E-state index contributed by atoms with van der Waals surface area (Å²) < 4.78 is 0. The highest BCUT2D eigenvalue weighted by molar-refractivity contribution is 4.97. The standard InChI is InChI=1S/C11H18O/c1-3-5-6-7-8-10-11(12)9-4-2/h4,9,11-12H,3,7-8,10H2,1-2H3/b9-4+. The Kier molecular flexibility index (Phi) is 7.84. The molecule has 0 radical (unpaired) electrons. The molecule has 0 fully saturated rings. The number of aliphatic hydroxyl groups excluding tert-OH is 1. The van der Waals surface area contributed by atoms with Gasteiger partial charge in [0.2, 0.25) is 0 Å². The van der Waals surface area contributed by atoms with Crippen LogP contribution >= 0.6 is 0 Å². The SMILES string of the molecule is C/C=C/C(O)CCCC#CCC. The van der Waals surface area contributed by atoms with E-state index in [1.54, 1.807) is 0 Å². The summed E-state index contributed by atoms with van der Waals surface area (Å²) in [6.45, 7) is 3.96. The number of unbranched alkanes of at least 4 members (excludes halogenated alkanes) is 1. The van der Waals surface area contributed by atoms with Crippen LogP contribution in [0.15, 0.2) is 12.2 Å². The molecule has 0 spiro atoms. The van der Waals surface area contributed by atoms with Gasteiger partial charge < -0.3 is 5.11 Å². The maximum atomic E-state index is 9.27. The van der Waals surface area contributed by atoms with Gasteiger partial charge in [-0.05, 0) is 19.8 Å². The smallest absolute Gasteiger partial charge is 0.0721 e. The first kappa shape index (κ1) is 11.3. The molecular weight excluding hydrogens is 148 g/mol. The Morgan fingerprint density at radius 2 is 2.17 bits per heavy atom. The average molecular weight is 166 g/mol. The first-order valence-electron chi connectivity index (χ1n) is 4.57. The predicted molar refractivity (Wildman–Crippen MR) is 52.7 cm³/mol. The fraction of sp³-hybridized carbons (Fsp3) is 0.636. The Hall–Kier alpha value is -0.740. The summed E-state index contributed by atoms with van der Waals surface area (Å²) in [5.41, 5.74) is 0. The minimum atomic E-state index is -0.279. The molecule has 0 aromatic rings. The van der Waals surface area contributed by atoms with E-state index >= 15 is 0 Å². The predicted octanol–water partition coefficient (Wildman–Crippen LogP) is 2.51. The van der Waals surface area contributed by atoms with Crippen molar-refractivity contribution in [1.29, 1.82) is 0 Å². The number of allylic oxidation sites excluding steroid dienone is 1. The molecule has 1 unspecified atom stereocenters. The topological polar surface area (TPSA) is 20.2 Å². The summed E-state index contributed by atoms with van der Waals surface area (Å²) >= 11 is 0.